The molecule has 1 aromatic carbocycles. The minimum Gasteiger partial charge on any atom is -0.492 e. The summed E-state index contributed by atoms with van der Waals surface area (Å²) in [6, 6.07) is 7.80. The number of para-hydroxylation sites is 1. The molecule has 4 nitrogen and oxygen atoms in total. The Morgan fingerprint density at radius 3 is 3.00 bits per heavy atom. The highest BCUT2D eigenvalue weighted by Crippen LogP contribution is 2.27. The SMILES string of the molecule is CON(C)C(=O)C1COc2ccccc2C1. The first-order valence-corrected chi connectivity index (χ1v) is 5.24. The predicted molar refractivity (Wildman–Crippen MR) is 58.9 cm³/mol. The first-order chi connectivity index (χ1) is 7.72. The second kappa shape index (κ2) is 4.53. The number of amides is 1. The van der Waals surface area contributed by atoms with E-state index in [9.17, 15) is 4.79 Å². The molecule has 0 bridgehead atoms. The molecule has 2 rings (SSSR count). The molecule has 0 aromatic heterocycles. The Hall–Kier alpha value is -1.55. The van der Waals surface area contributed by atoms with Crippen molar-refractivity contribution in [2.75, 3.05) is 20.8 Å². The lowest BCUT2D eigenvalue weighted by molar-refractivity contribution is -0.174. The maximum Gasteiger partial charge on any atom is 0.252 e. The summed E-state index contributed by atoms with van der Waals surface area (Å²) in [5.74, 6) is 0.684. The van der Waals surface area contributed by atoms with Crippen LogP contribution in [-0.2, 0) is 16.1 Å². The molecule has 16 heavy (non-hydrogen) atoms. The average molecular weight is 221 g/mol. The zero-order chi connectivity index (χ0) is 11.5. The van der Waals surface area contributed by atoms with Gasteiger partial charge >= 0.3 is 0 Å². The molecule has 0 aliphatic carbocycles. The van der Waals surface area contributed by atoms with Gasteiger partial charge in [-0.25, -0.2) is 5.06 Å². The molecule has 1 heterocycles. The Bertz CT molecular complexity index is 392. The number of fused-ring (bicyclic) bond motifs is 1. The van der Waals surface area contributed by atoms with Gasteiger partial charge in [-0.1, -0.05) is 18.2 Å². The van der Waals surface area contributed by atoms with Gasteiger partial charge in [0.05, 0.1) is 13.0 Å². The lowest BCUT2D eigenvalue weighted by Gasteiger charge is -2.26. The Kier molecular flexibility index (Phi) is 3.10. The van der Waals surface area contributed by atoms with E-state index in [1.54, 1.807) is 7.05 Å². The minimum absolute atomic E-state index is 0.0444. The molecular weight excluding hydrogens is 206 g/mol. The molecule has 0 fully saturated rings. The van der Waals surface area contributed by atoms with Crippen molar-refractivity contribution in [3.05, 3.63) is 29.8 Å². The van der Waals surface area contributed by atoms with E-state index < -0.39 is 0 Å². The predicted octanol–water partition coefficient (Wildman–Crippen LogP) is 1.26. The summed E-state index contributed by atoms with van der Waals surface area (Å²) in [6.45, 7) is 0.420. The molecular formula is C12H15NO3. The fourth-order valence-electron chi connectivity index (χ4n) is 1.83. The Morgan fingerprint density at radius 2 is 2.25 bits per heavy atom. The molecule has 1 amide bonds. The maximum absolute atomic E-state index is 11.9. The summed E-state index contributed by atoms with van der Waals surface area (Å²) in [5, 5.41) is 1.25. The Morgan fingerprint density at radius 1 is 1.50 bits per heavy atom. The van der Waals surface area contributed by atoms with Gasteiger partial charge in [-0.05, 0) is 18.1 Å². The van der Waals surface area contributed by atoms with Crippen molar-refractivity contribution in [1.82, 2.24) is 5.06 Å². The molecule has 0 N–H and O–H groups in total. The second-order valence-corrected chi connectivity index (χ2v) is 3.84. The van der Waals surface area contributed by atoms with Gasteiger partial charge in [0.25, 0.3) is 5.91 Å². The van der Waals surface area contributed by atoms with Crippen LogP contribution in [0.3, 0.4) is 0 Å². The van der Waals surface area contributed by atoms with Crippen molar-refractivity contribution in [2.24, 2.45) is 5.92 Å². The molecule has 0 spiro atoms. The zero-order valence-electron chi connectivity index (χ0n) is 9.47. The van der Waals surface area contributed by atoms with E-state index in [2.05, 4.69) is 0 Å². The molecule has 0 radical (unpaired) electrons. The lowest BCUT2D eigenvalue weighted by Crippen LogP contribution is -2.38. The van der Waals surface area contributed by atoms with Crippen molar-refractivity contribution in [1.29, 1.82) is 0 Å². The van der Waals surface area contributed by atoms with Crippen LogP contribution in [-0.4, -0.2) is 31.7 Å². The van der Waals surface area contributed by atoms with Crippen molar-refractivity contribution < 1.29 is 14.4 Å². The average Bonchev–Trinajstić information content (AvgIpc) is 2.36. The first kappa shape index (κ1) is 11.0. The van der Waals surface area contributed by atoms with Crippen LogP contribution in [0.5, 0.6) is 5.75 Å². The largest absolute Gasteiger partial charge is 0.492 e. The van der Waals surface area contributed by atoms with E-state index >= 15 is 0 Å². The van der Waals surface area contributed by atoms with Crippen molar-refractivity contribution in [3.63, 3.8) is 0 Å². The summed E-state index contributed by atoms with van der Waals surface area (Å²) < 4.78 is 5.55. The number of hydrogen-bond donors (Lipinski definition) is 0. The summed E-state index contributed by atoms with van der Waals surface area (Å²) in [5.41, 5.74) is 1.08. The van der Waals surface area contributed by atoms with Crippen LogP contribution in [0.4, 0.5) is 0 Å². The fraction of sp³-hybridized carbons (Fsp3) is 0.417. The van der Waals surface area contributed by atoms with Gasteiger partial charge in [-0.15, -0.1) is 0 Å². The molecule has 1 aromatic rings. The molecule has 0 saturated carbocycles. The number of rotatable bonds is 2. The van der Waals surface area contributed by atoms with E-state index in [-0.39, 0.29) is 11.8 Å². The van der Waals surface area contributed by atoms with E-state index in [0.29, 0.717) is 13.0 Å². The standard InChI is InChI=1S/C12H15NO3/c1-13(15-2)12(14)10-7-9-5-3-4-6-11(9)16-8-10/h3-6,10H,7-8H2,1-2H3. The third kappa shape index (κ3) is 2.02. The Labute approximate surface area is 94.7 Å². The van der Waals surface area contributed by atoms with Crippen LogP contribution in [0, 0.1) is 5.92 Å². The van der Waals surface area contributed by atoms with Crippen molar-refractivity contribution >= 4 is 5.91 Å². The minimum atomic E-state index is -0.153. The normalized spacial score (nSPS) is 18.5. The summed E-state index contributed by atoms with van der Waals surface area (Å²) >= 11 is 0. The topological polar surface area (TPSA) is 38.8 Å². The summed E-state index contributed by atoms with van der Waals surface area (Å²) in [6.07, 6.45) is 0.711. The number of hydrogen-bond acceptors (Lipinski definition) is 3. The number of benzene rings is 1. The van der Waals surface area contributed by atoms with Gasteiger partial charge in [-0.2, -0.15) is 0 Å². The van der Waals surface area contributed by atoms with Crippen LogP contribution < -0.4 is 4.74 Å². The first-order valence-electron chi connectivity index (χ1n) is 5.24. The molecule has 4 heteroatoms. The smallest absolute Gasteiger partial charge is 0.252 e. The number of carbonyl (C=O) groups is 1. The third-order valence-corrected chi connectivity index (χ3v) is 2.81. The second-order valence-electron chi connectivity index (χ2n) is 3.84. The highest BCUT2D eigenvalue weighted by atomic mass is 16.7. The van der Waals surface area contributed by atoms with Crippen molar-refractivity contribution in [3.8, 4) is 5.75 Å². The van der Waals surface area contributed by atoms with E-state index in [4.69, 9.17) is 9.57 Å². The van der Waals surface area contributed by atoms with Gasteiger partial charge in [0.1, 0.15) is 12.4 Å². The lowest BCUT2D eigenvalue weighted by atomic mass is 9.96. The van der Waals surface area contributed by atoms with Crippen molar-refractivity contribution in [2.45, 2.75) is 6.42 Å². The van der Waals surface area contributed by atoms with Crippen LogP contribution in [0.15, 0.2) is 24.3 Å². The van der Waals surface area contributed by atoms with Gasteiger partial charge in [0.15, 0.2) is 0 Å². The number of nitrogens with zero attached hydrogens (tertiary/aromatic N) is 1. The van der Waals surface area contributed by atoms with Crippen LogP contribution >= 0.6 is 0 Å². The van der Waals surface area contributed by atoms with E-state index in [1.807, 2.05) is 24.3 Å². The molecule has 1 aliphatic heterocycles. The monoisotopic (exact) mass is 221 g/mol. The Balaban J connectivity index is 2.11. The molecule has 1 unspecified atom stereocenters. The van der Waals surface area contributed by atoms with Gasteiger partial charge in [-0.3, -0.25) is 9.63 Å². The molecule has 86 valence electrons. The molecule has 1 atom stereocenters. The van der Waals surface area contributed by atoms with Crippen LogP contribution in [0.25, 0.3) is 0 Å². The van der Waals surface area contributed by atoms with E-state index in [1.165, 1.54) is 12.2 Å². The van der Waals surface area contributed by atoms with Gasteiger partial charge in [0, 0.05) is 7.05 Å². The quantitative estimate of drug-likeness (QED) is 0.706. The molecule has 0 saturated heterocycles. The number of carbonyl (C=O) groups excluding carboxylic acids is 1. The number of ether oxygens (including phenoxy) is 1. The summed E-state index contributed by atoms with van der Waals surface area (Å²) in [4.78, 5) is 16.7. The highest BCUT2D eigenvalue weighted by molar-refractivity contribution is 5.78. The van der Waals surface area contributed by atoms with Gasteiger partial charge < -0.3 is 4.74 Å². The zero-order valence-corrected chi connectivity index (χ0v) is 9.47. The van der Waals surface area contributed by atoms with Crippen LogP contribution in [0.1, 0.15) is 5.56 Å². The maximum atomic E-state index is 11.9. The molecule has 1 aliphatic rings. The fourth-order valence-corrected chi connectivity index (χ4v) is 1.83. The van der Waals surface area contributed by atoms with E-state index in [0.717, 1.165) is 11.3 Å². The summed E-state index contributed by atoms with van der Waals surface area (Å²) in [7, 11) is 3.10. The van der Waals surface area contributed by atoms with Gasteiger partial charge in [0.2, 0.25) is 0 Å². The van der Waals surface area contributed by atoms with Crippen LogP contribution in [0.2, 0.25) is 0 Å². The third-order valence-electron chi connectivity index (χ3n) is 2.81. The highest BCUT2D eigenvalue weighted by Gasteiger charge is 2.28. The number of hydroxylamine groups is 2.